The summed E-state index contributed by atoms with van der Waals surface area (Å²) >= 11 is 0. The number of rotatable bonds is 9. The van der Waals surface area contributed by atoms with E-state index >= 15 is 0 Å². The summed E-state index contributed by atoms with van der Waals surface area (Å²) in [7, 11) is 0. The summed E-state index contributed by atoms with van der Waals surface area (Å²) in [6, 6.07) is 22.6. The van der Waals surface area contributed by atoms with Crippen LogP contribution in [-0.2, 0) is 16.1 Å². The van der Waals surface area contributed by atoms with Gasteiger partial charge in [-0.2, -0.15) is 5.10 Å². The van der Waals surface area contributed by atoms with Crippen molar-refractivity contribution in [1.82, 2.24) is 45.1 Å². The van der Waals surface area contributed by atoms with Crippen molar-refractivity contribution in [3.8, 4) is 22.8 Å². The number of hydrogen-bond donors (Lipinski definition) is 3. The van der Waals surface area contributed by atoms with E-state index in [-0.39, 0.29) is 30.3 Å². The zero-order valence-electron chi connectivity index (χ0n) is 32.0. The molecule has 0 bridgehead atoms. The number of urea groups is 1. The minimum atomic E-state index is -0.624. The number of hydrogen-bond acceptors (Lipinski definition) is 11. The minimum absolute atomic E-state index is 0.0435. The molecule has 16 heteroatoms. The zero-order valence-corrected chi connectivity index (χ0v) is 32.0. The number of nitrogens with two attached hydrogens (primary N) is 1. The van der Waals surface area contributed by atoms with Gasteiger partial charge >= 0.3 is 6.03 Å². The number of nitrogen functional groups attached to an aromatic ring is 1. The topological polar surface area (TPSA) is 184 Å². The van der Waals surface area contributed by atoms with Gasteiger partial charge in [0.2, 0.25) is 11.8 Å². The highest BCUT2D eigenvalue weighted by atomic mass is 16.5. The Bertz CT molecular complexity index is 2350. The van der Waals surface area contributed by atoms with Gasteiger partial charge in [0.25, 0.3) is 5.91 Å². The Morgan fingerprint density at radius 3 is 2.40 bits per heavy atom. The number of amides is 5. The summed E-state index contributed by atoms with van der Waals surface area (Å²) in [4.78, 5) is 67.4. The number of nitrogens with one attached hydrogen (secondary N) is 2. The highest BCUT2D eigenvalue weighted by Crippen LogP contribution is 2.36. The van der Waals surface area contributed by atoms with E-state index in [0.29, 0.717) is 66.5 Å². The van der Waals surface area contributed by atoms with Crippen LogP contribution in [0.15, 0.2) is 79.1 Å². The van der Waals surface area contributed by atoms with E-state index in [9.17, 15) is 19.2 Å². The number of imide groups is 1. The Morgan fingerprint density at radius 2 is 1.64 bits per heavy atom. The fourth-order valence-corrected chi connectivity index (χ4v) is 8.49. The maximum Gasteiger partial charge on any atom is 0.317 e. The lowest BCUT2D eigenvalue weighted by atomic mass is 10.0. The van der Waals surface area contributed by atoms with Crippen LogP contribution in [0.4, 0.5) is 16.3 Å². The molecule has 3 fully saturated rings. The average molecular weight is 784 g/mol. The Balaban J connectivity index is 0.747. The molecule has 6 heterocycles. The van der Waals surface area contributed by atoms with Crippen molar-refractivity contribution in [1.29, 1.82) is 0 Å². The molecule has 3 aromatic carbocycles. The van der Waals surface area contributed by atoms with Gasteiger partial charge in [0.1, 0.15) is 35.4 Å². The fourth-order valence-electron chi connectivity index (χ4n) is 8.49. The van der Waals surface area contributed by atoms with Gasteiger partial charge in [-0.1, -0.05) is 18.2 Å². The predicted octanol–water partition coefficient (Wildman–Crippen LogP) is 3.80. The molecule has 1 atom stereocenters. The number of nitrogens with zero attached hydrogens (tertiary/aromatic N) is 8. The number of benzene rings is 3. The molecule has 5 aromatic rings. The Kier molecular flexibility index (Phi) is 10.1. The average Bonchev–Trinajstić information content (AvgIpc) is 3.80. The Labute approximate surface area is 334 Å². The minimum Gasteiger partial charge on any atom is -0.457 e. The molecule has 9 rings (SSSR count). The van der Waals surface area contributed by atoms with Crippen molar-refractivity contribution in [2.24, 2.45) is 0 Å². The maximum absolute atomic E-state index is 13.2. The van der Waals surface area contributed by atoms with E-state index in [1.807, 2.05) is 76.3 Å². The van der Waals surface area contributed by atoms with Gasteiger partial charge in [-0.15, -0.1) is 0 Å². The lowest BCUT2D eigenvalue weighted by molar-refractivity contribution is -0.136. The van der Waals surface area contributed by atoms with Crippen LogP contribution in [0.3, 0.4) is 0 Å². The van der Waals surface area contributed by atoms with Gasteiger partial charge in [-0.05, 0) is 79.4 Å². The summed E-state index contributed by atoms with van der Waals surface area (Å²) < 4.78 is 7.93. The van der Waals surface area contributed by atoms with Crippen molar-refractivity contribution in [2.75, 3.05) is 63.0 Å². The number of fused-ring (bicyclic) bond motifs is 2. The second-order valence-corrected chi connectivity index (χ2v) is 15.2. The predicted molar refractivity (Wildman–Crippen MR) is 216 cm³/mol. The molecule has 1 unspecified atom stereocenters. The van der Waals surface area contributed by atoms with Crippen LogP contribution in [0, 0.1) is 0 Å². The molecule has 0 radical (unpaired) electrons. The van der Waals surface area contributed by atoms with E-state index in [2.05, 4.69) is 36.5 Å². The van der Waals surface area contributed by atoms with Crippen molar-refractivity contribution in [3.63, 3.8) is 0 Å². The number of anilines is 2. The standard InChI is InChI=1S/C42H45N11O5/c43-38-36-37(27-6-9-32(10-7-27)58-31-4-2-1-3-5-31)48-53(39(36)46-26-45-38)29-14-17-51(18-15-29)42(57)44-16-19-49-20-22-50(23-21-49)30-8-11-33-28(24-30)25-52(41(33)56)34-12-13-35(54)47-40(34)55/h1-11,24,26,29,34H,12-23,25H2,(H,44,57)(H2,43,45,46)(H,47,54,55). The first-order chi connectivity index (χ1) is 28.3. The van der Waals surface area contributed by atoms with Gasteiger partial charge in [0.05, 0.1) is 11.4 Å². The van der Waals surface area contributed by atoms with E-state index in [0.717, 1.165) is 68.1 Å². The second-order valence-electron chi connectivity index (χ2n) is 15.2. The van der Waals surface area contributed by atoms with Gasteiger partial charge < -0.3 is 30.5 Å². The first-order valence-corrected chi connectivity index (χ1v) is 19.9. The molecule has 2 aromatic heterocycles. The van der Waals surface area contributed by atoms with Crippen molar-refractivity contribution in [2.45, 2.75) is 44.3 Å². The van der Waals surface area contributed by atoms with Crippen LogP contribution < -0.4 is 26.0 Å². The molecule has 0 spiro atoms. The van der Waals surface area contributed by atoms with Crippen LogP contribution in [0.5, 0.6) is 11.5 Å². The normalized spacial score (nSPS) is 19.1. The van der Waals surface area contributed by atoms with Crippen LogP contribution in [-0.4, -0.2) is 117 Å². The smallest absolute Gasteiger partial charge is 0.317 e. The summed E-state index contributed by atoms with van der Waals surface area (Å²) in [5, 5.41) is 11.2. The molecule has 58 heavy (non-hydrogen) atoms. The summed E-state index contributed by atoms with van der Waals surface area (Å²) in [6.07, 6.45) is 3.50. The number of ether oxygens (including phenoxy) is 1. The van der Waals surface area contributed by atoms with Gasteiger partial charge in [-0.3, -0.25) is 24.6 Å². The third-order valence-corrected chi connectivity index (χ3v) is 11.7. The van der Waals surface area contributed by atoms with E-state index in [1.54, 1.807) is 4.90 Å². The number of piperazine rings is 1. The maximum atomic E-state index is 13.2. The van der Waals surface area contributed by atoms with Gasteiger partial charge in [0.15, 0.2) is 5.65 Å². The third-order valence-electron chi connectivity index (χ3n) is 11.7. The molecular formula is C42H45N11O5. The molecule has 4 aliphatic rings. The van der Waals surface area contributed by atoms with Crippen molar-refractivity contribution in [3.05, 3.63) is 90.3 Å². The van der Waals surface area contributed by atoms with Crippen LogP contribution in [0.1, 0.15) is 47.6 Å². The van der Waals surface area contributed by atoms with E-state index < -0.39 is 11.9 Å². The zero-order chi connectivity index (χ0) is 39.8. The number of carbonyl (C=O) groups excluding carboxylic acids is 4. The molecule has 5 amide bonds. The Hall–Kier alpha value is -6.55. The first-order valence-electron chi connectivity index (χ1n) is 19.9. The van der Waals surface area contributed by atoms with Crippen LogP contribution >= 0.6 is 0 Å². The molecule has 4 aliphatic heterocycles. The molecule has 0 aliphatic carbocycles. The quantitative estimate of drug-likeness (QED) is 0.185. The molecule has 298 valence electrons. The number of aromatic nitrogens is 4. The monoisotopic (exact) mass is 783 g/mol. The van der Waals surface area contributed by atoms with Crippen molar-refractivity contribution < 1.29 is 23.9 Å². The van der Waals surface area contributed by atoms with Crippen molar-refractivity contribution >= 4 is 46.3 Å². The molecule has 3 saturated heterocycles. The molecule has 0 saturated carbocycles. The summed E-state index contributed by atoms with van der Waals surface area (Å²) in [6.45, 7) is 6.17. The molecule has 4 N–H and O–H groups in total. The highest BCUT2D eigenvalue weighted by Gasteiger charge is 2.39. The van der Waals surface area contributed by atoms with Gasteiger partial charge in [0, 0.05) is 82.1 Å². The number of carbonyl (C=O) groups is 4. The summed E-state index contributed by atoms with van der Waals surface area (Å²) in [5.41, 5.74) is 11.2. The van der Waals surface area contributed by atoms with E-state index in [4.69, 9.17) is 15.6 Å². The largest absolute Gasteiger partial charge is 0.457 e. The summed E-state index contributed by atoms with van der Waals surface area (Å²) in [5.74, 6) is 0.983. The highest BCUT2D eigenvalue weighted by molar-refractivity contribution is 6.05. The molecule has 16 nitrogen and oxygen atoms in total. The molecular weight excluding hydrogens is 739 g/mol. The number of piperidine rings is 2. The first kappa shape index (κ1) is 37.1. The van der Waals surface area contributed by atoms with Crippen LogP contribution in [0.2, 0.25) is 0 Å². The van der Waals surface area contributed by atoms with E-state index in [1.165, 1.54) is 6.33 Å². The SMILES string of the molecule is Nc1ncnc2c1c(-c1ccc(Oc3ccccc3)cc1)nn2C1CCN(C(=O)NCCN2CCN(c3ccc4c(c3)CN(C3CCC(=O)NC3=O)C4=O)CC2)CC1. The van der Waals surface area contributed by atoms with Crippen LogP contribution in [0.25, 0.3) is 22.3 Å². The Morgan fingerprint density at radius 1 is 0.879 bits per heavy atom. The second kappa shape index (κ2) is 15.8. The van der Waals surface area contributed by atoms with Gasteiger partial charge in [-0.25, -0.2) is 19.4 Å². The number of para-hydroxylation sites is 1. The number of likely N-dealkylation sites (tertiary alicyclic amines) is 1. The fraction of sp³-hybridized carbons (Fsp3) is 0.357. The third kappa shape index (κ3) is 7.38. The lowest BCUT2D eigenvalue weighted by Gasteiger charge is -2.36. The lowest BCUT2D eigenvalue weighted by Crippen LogP contribution is -2.52.